The predicted molar refractivity (Wildman–Crippen MR) is 68.6 cm³/mol. The Hall–Kier alpha value is -1.82. The minimum atomic E-state index is -1.00. The predicted octanol–water partition coefficient (Wildman–Crippen LogP) is 2.46. The molecule has 1 aromatic heterocycles. The van der Waals surface area contributed by atoms with E-state index in [4.69, 9.17) is 9.84 Å². The van der Waals surface area contributed by atoms with Gasteiger partial charge in [0.15, 0.2) is 0 Å². The van der Waals surface area contributed by atoms with Gasteiger partial charge in [-0.25, -0.2) is 4.79 Å². The van der Waals surface area contributed by atoms with Gasteiger partial charge in [-0.15, -0.1) is 0 Å². The molecular weight excluding hydrogens is 300 g/mol. The van der Waals surface area contributed by atoms with Gasteiger partial charge < -0.3 is 9.84 Å². The lowest BCUT2D eigenvalue weighted by molar-refractivity contribution is 0.0685. The summed E-state index contributed by atoms with van der Waals surface area (Å²) in [6, 6.07) is 8.89. The van der Waals surface area contributed by atoms with Gasteiger partial charge in [0, 0.05) is 11.5 Å². The lowest BCUT2D eigenvalue weighted by atomic mass is 10.3. The normalized spacial score (nSPS) is 10.3. The van der Waals surface area contributed by atoms with Crippen LogP contribution in [0.5, 0.6) is 5.75 Å². The van der Waals surface area contributed by atoms with Crippen LogP contribution in [0.2, 0.25) is 0 Å². The maximum atomic E-state index is 10.8. The molecule has 0 saturated heterocycles. The quantitative estimate of drug-likeness (QED) is 0.942. The molecule has 2 rings (SSSR count). The first-order valence-corrected chi connectivity index (χ1v) is 6.00. The number of aryl methyl sites for hydroxylation is 1. The summed E-state index contributed by atoms with van der Waals surface area (Å²) < 4.78 is 7.80. The average Bonchev–Trinajstić information content (AvgIpc) is 2.70. The Morgan fingerprint density at radius 1 is 1.44 bits per heavy atom. The van der Waals surface area contributed by atoms with Gasteiger partial charge in [-0.3, -0.25) is 4.68 Å². The molecule has 1 heterocycles. The molecule has 0 unspecified atom stereocenters. The molecule has 0 fully saturated rings. The molecule has 0 atom stereocenters. The van der Waals surface area contributed by atoms with E-state index < -0.39 is 5.97 Å². The van der Waals surface area contributed by atoms with Crippen molar-refractivity contribution < 1.29 is 14.6 Å². The van der Waals surface area contributed by atoms with Crippen LogP contribution >= 0.6 is 15.9 Å². The number of carbonyl (C=O) groups is 1. The van der Waals surface area contributed by atoms with Crippen LogP contribution in [-0.2, 0) is 13.7 Å². The van der Waals surface area contributed by atoms with Crippen LogP contribution < -0.4 is 4.74 Å². The van der Waals surface area contributed by atoms with Gasteiger partial charge in [0.1, 0.15) is 23.7 Å². The number of aromatic carboxylic acids is 1. The van der Waals surface area contributed by atoms with Crippen LogP contribution in [-0.4, -0.2) is 20.9 Å². The summed E-state index contributed by atoms with van der Waals surface area (Å²) in [5, 5.41) is 13.0. The second-order valence-corrected chi connectivity index (χ2v) is 4.61. The summed E-state index contributed by atoms with van der Waals surface area (Å²) in [4.78, 5) is 10.8. The van der Waals surface area contributed by atoms with E-state index in [-0.39, 0.29) is 12.3 Å². The van der Waals surface area contributed by atoms with Crippen molar-refractivity contribution in [3.63, 3.8) is 0 Å². The molecule has 6 heteroatoms. The Bertz CT molecular complexity index is 563. The maximum Gasteiger partial charge on any atom is 0.354 e. The van der Waals surface area contributed by atoms with Crippen molar-refractivity contribution >= 4 is 21.9 Å². The Morgan fingerprint density at radius 3 is 2.67 bits per heavy atom. The SMILES string of the molecule is Cn1nc(COc2ccc(Br)cc2)cc1C(=O)O. The highest BCUT2D eigenvalue weighted by atomic mass is 79.9. The summed E-state index contributed by atoms with van der Waals surface area (Å²) >= 11 is 3.33. The highest BCUT2D eigenvalue weighted by Gasteiger charge is 2.11. The zero-order chi connectivity index (χ0) is 13.1. The highest BCUT2D eigenvalue weighted by Crippen LogP contribution is 2.17. The number of rotatable bonds is 4. The fraction of sp³-hybridized carbons (Fsp3) is 0.167. The fourth-order valence-corrected chi connectivity index (χ4v) is 1.75. The second kappa shape index (κ2) is 5.22. The van der Waals surface area contributed by atoms with Crippen LogP contribution in [0.25, 0.3) is 0 Å². The molecule has 1 N–H and O–H groups in total. The van der Waals surface area contributed by atoms with E-state index in [1.807, 2.05) is 24.3 Å². The van der Waals surface area contributed by atoms with Crippen LogP contribution in [0.4, 0.5) is 0 Å². The third-order valence-corrected chi connectivity index (χ3v) is 2.88. The van der Waals surface area contributed by atoms with E-state index in [9.17, 15) is 4.79 Å². The smallest absolute Gasteiger partial charge is 0.354 e. The minimum Gasteiger partial charge on any atom is -0.487 e. The number of carboxylic acid groups (broad SMARTS) is 1. The maximum absolute atomic E-state index is 10.8. The van der Waals surface area contributed by atoms with E-state index >= 15 is 0 Å². The number of hydrogen-bond donors (Lipinski definition) is 1. The van der Waals surface area contributed by atoms with E-state index in [0.717, 1.165) is 4.47 Å². The monoisotopic (exact) mass is 310 g/mol. The molecule has 0 radical (unpaired) electrons. The van der Waals surface area contributed by atoms with Crippen molar-refractivity contribution in [2.75, 3.05) is 0 Å². The van der Waals surface area contributed by atoms with Gasteiger partial charge in [-0.05, 0) is 30.3 Å². The molecule has 0 bridgehead atoms. The molecule has 94 valence electrons. The molecule has 18 heavy (non-hydrogen) atoms. The zero-order valence-electron chi connectivity index (χ0n) is 9.63. The summed E-state index contributed by atoms with van der Waals surface area (Å²) in [5.41, 5.74) is 0.724. The van der Waals surface area contributed by atoms with Crippen molar-refractivity contribution in [1.29, 1.82) is 0 Å². The van der Waals surface area contributed by atoms with Crippen molar-refractivity contribution in [3.8, 4) is 5.75 Å². The van der Waals surface area contributed by atoms with Gasteiger partial charge in [0.2, 0.25) is 0 Å². The first kappa shape index (κ1) is 12.6. The lowest BCUT2D eigenvalue weighted by Crippen LogP contribution is -2.04. The standard InChI is InChI=1S/C12H11BrN2O3/c1-15-11(12(16)17)6-9(14-15)7-18-10-4-2-8(13)3-5-10/h2-6H,7H2,1H3,(H,16,17). The number of hydrogen-bond acceptors (Lipinski definition) is 3. The van der Waals surface area contributed by atoms with Gasteiger partial charge in [-0.1, -0.05) is 15.9 Å². The van der Waals surface area contributed by atoms with Crippen molar-refractivity contribution in [3.05, 3.63) is 46.2 Å². The molecule has 0 aliphatic rings. The van der Waals surface area contributed by atoms with Gasteiger partial charge in [-0.2, -0.15) is 5.10 Å². The Kier molecular flexibility index (Phi) is 3.66. The first-order valence-electron chi connectivity index (χ1n) is 5.21. The summed E-state index contributed by atoms with van der Waals surface area (Å²) in [6.45, 7) is 0.239. The summed E-state index contributed by atoms with van der Waals surface area (Å²) in [5.74, 6) is -0.291. The summed E-state index contributed by atoms with van der Waals surface area (Å²) in [7, 11) is 1.59. The molecule has 0 saturated carbocycles. The molecule has 2 aromatic rings. The van der Waals surface area contributed by atoms with Gasteiger partial charge >= 0.3 is 5.97 Å². The summed E-state index contributed by atoms with van der Waals surface area (Å²) in [6.07, 6.45) is 0. The Balaban J connectivity index is 2.04. The van der Waals surface area contributed by atoms with Crippen LogP contribution in [0.1, 0.15) is 16.2 Å². The molecule has 1 aromatic carbocycles. The molecule has 5 nitrogen and oxygen atoms in total. The molecule has 0 spiro atoms. The van der Waals surface area contributed by atoms with Gasteiger partial charge in [0.05, 0.1) is 0 Å². The largest absolute Gasteiger partial charge is 0.487 e. The highest BCUT2D eigenvalue weighted by molar-refractivity contribution is 9.10. The van der Waals surface area contributed by atoms with E-state index in [2.05, 4.69) is 21.0 Å². The van der Waals surface area contributed by atoms with E-state index in [1.54, 1.807) is 7.05 Å². The average molecular weight is 311 g/mol. The number of ether oxygens (including phenoxy) is 1. The van der Waals surface area contributed by atoms with Crippen molar-refractivity contribution in [2.45, 2.75) is 6.61 Å². The van der Waals surface area contributed by atoms with Crippen molar-refractivity contribution in [1.82, 2.24) is 9.78 Å². The third-order valence-electron chi connectivity index (χ3n) is 2.35. The van der Waals surface area contributed by atoms with Gasteiger partial charge in [0.25, 0.3) is 0 Å². The first-order chi connectivity index (χ1) is 8.56. The zero-order valence-corrected chi connectivity index (χ0v) is 11.2. The Labute approximate surface area is 112 Å². The molecule has 0 aliphatic carbocycles. The molecule has 0 amide bonds. The Morgan fingerprint density at radius 2 is 2.11 bits per heavy atom. The fourth-order valence-electron chi connectivity index (χ4n) is 1.49. The lowest BCUT2D eigenvalue weighted by Gasteiger charge is -2.03. The third kappa shape index (κ3) is 2.89. The number of nitrogens with zero attached hydrogens (tertiary/aromatic N) is 2. The molecule has 0 aliphatic heterocycles. The topological polar surface area (TPSA) is 64.4 Å². The second-order valence-electron chi connectivity index (χ2n) is 3.69. The minimum absolute atomic E-state index is 0.143. The van der Waals surface area contributed by atoms with Crippen LogP contribution in [0, 0.1) is 0 Å². The molecular formula is C12H11BrN2O3. The van der Waals surface area contributed by atoms with E-state index in [1.165, 1.54) is 10.7 Å². The number of carboxylic acids is 1. The number of aromatic nitrogens is 2. The van der Waals surface area contributed by atoms with Crippen molar-refractivity contribution in [2.24, 2.45) is 7.05 Å². The van der Waals surface area contributed by atoms with Crippen LogP contribution in [0.3, 0.4) is 0 Å². The van der Waals surface area contributed by atoms with E-state index in [0.29, 0.717) is 11.4 Å². The van der Waals surface area contributed by atoms with Crippen LogP contribution in [0.15, 0.2) is 34.8 Å². The number of benzene rings is 1. The number of halogens is 1.